The summed E-state index contributed by atoms with van der Waals surface area (Å²) in [5.41, 5.74) is 0.403. The number of halogens is 2. The van der Waals surface area contributed by atoms with E-state index in [1.165, 1.54) is 66.4 Å². The van der Waals surface area contributed by atoms with Crippen molar-refractivity contribution in [1.29, 1.82) is 0 Å². The summed E-state index contributed by atoms with van der Waals surface area (Å²) in [6.45, 7) is 5.19. The van der Waals surface area contributed by atoms with E-state index in [9.17, 15) is 22.4 Å². The second-order valence-corrected chi connectivity index (χ2v) is 11.3. The van der Waals surface area contributed by atoms with E-state index in [1.54, 1.807) is 18.2 Å². The SMILES string of the molecule is CCCNC(=O)[C@H](C)N(Cc1ccccc1F)C(=O)CN(c1ccc(OCC)cc1)S(=O)(=O)c1ccc(Cl)cc1. The summed E-state index contributed by atoms with van der Waals surface area (Å²) in [6, 6.07) is 16.8. The van der Waals surface area contributed by atoms with Gasteiger partial charge < -0.3 is 15.0 Å². The van der Waals surface area contributed by atoms with Gasteiger partial charge in [0.15, 0.2) is 0 Å². The molecular formula is C29H33ClFN3O5S. The maximum Gasteiger partial charge on any atom is 0.264 e. The Bertz CT molecular complexity index is 1400. The summed E-state index contributed by atoms with van der Waals surface area (Å²) in [4.78, 5) is 27.8. The number of nitrogens with one attached hydrogen (secondary N) is 1. The number of carbonyl (C=O) groups is 2. The third-order valence-electron chi connectivity index (χ3n) is 6.13. The van der Waals surface area contributed by atoms with E-state index >= 15 is 0 Å². The van der Waals surface area contributed by atoms with Gasteiger partial charge in [-0.15, -0.1) is 0 Å². The van der Waals surface area contributed by atoms with Crippen molar-refractivity contribution in [1.82, 2.24) is 10.2 Å². The Labute approximate surface area is 239 Å². The number of hydrogen-bond acceptors (Lipinski definition) is 5. The average Bonchev–Trinajstić information content (AvgIpc) is 2.94. The molecule has 0 fully saturated rings. The summed E-state index contributed by atoms with van der Waals surface area (Å²) in [5, 5.41) is 3.10. The molecule has 0 aliphatic heterocycles. The molecule has 0 radical (unpaired) electrons. The molecule has 3 rings (SSSR count). The first-order valence-corrected chi connectivity index (χ1v) is 14.7. The Hall–Kier alpha value is -3.63. The Morgan fingerprint density at radius 3 is 2.25 bits per heavy atom. The summed E-state index contributed by atoms with van der Waals surface area (Å²) in [5.74, 6) is -1.13. The predicted molar refractivity (Wildman–Crippen MR) is 153 cm³/mol. The lowest BCUT2D eigenvalue weighted by molar-refractivity contribution is -0.139. The number of amides is 2. The summed E-state index contributed by atoms with van der Waals surface area (Å²) in [6.07, 6.45) is 0.685. The van der Waals surface area contributed by atoms with Crippen molar-refractivity contribution < 1.29 is 27.1 Å². The molecule has 40 heavy (non-hydrogen) atoms. The lowest BCUT2D eigenvalue weighted by Gasteiger charge is -2.32. The van der Waals surface area contributed by atoms with Crippen molar-refractivity contribution in [3.63, 3.8) is 0 Å². The zero-order valence-corrected chi connectivity index (χ0v) is 24.2. The number of hydrogen-bond donors (Lipinski definition) is 1. The fourth-order valence-corrected chi connectivity index (χ4v) is 5.47. The van der Waals surface area contributed by atoms with Crippen LogP contribution in [0, 0.1) is 5.82 Å². The zero-order chi connectivity index (χ0) is 29.3. The minimum atomic E-state index is -4.25. The first kappa shape index (κ1) is 30.9. The minimum absolute atomic E-state index is 0.0759. The molecule has 0 spiro atoms. The van der Waals surface area contributed by atoms with Crippen molar-refractivity contribution in [3.8, 4) is 5.75 Å². The number of benzene rings is 3. The van der Waals surface area contributed by atoms with Crippen molar-refractivity contribution >= 4 is 39.1 Å². The van der Waals surface area contributed by atoms with Gasteiger partial charge in [-0.05, 0) is 74.9 Å². The Morgan fingerprint density at radius 1 is 1.00 bits per heavy atom. The van der Waals surface area contributed by atoms with Crippen molar-refractivity contribution in [2.75, 3.05) is 24.0 Å². The van der Waals surface area contributed by atoms with Gasteiger partial charge in [0.25, 0.3) is 10.0 Å². The molecule has 3 aromatic carbocycles. The van der Waals surface area contributed by atoms with Gasteiger partial charge in [-0.2, -0.15) is 0 Å². The molecular weight excluding hydrogens is 557 g/mol. The summed E-state index contributed by atoms with van der Waals surface area (Å²) >= 11 is 5.97. The molecule has 214 valence electrons. The summed E-state index contributed by atoms with van der Waals surface area (Å²) in [7, 11) is -4.25. The third kappa shape index (κ3) is 7.73. The quantitative estimate of drug-likeness (QED) is 0.302. The molecule has 0 saturated heterocycles. The first-order chi connectivity index (χ1) is 19.1. The lowest BCUT2D eigenvalue weighted by atomic mass is 10.1. The van der Waals surface area contributed by atoms with E-state index in [2.05, 4.69) is 5.32 Å². The van der Waals surface area contributed by atoms with Gasteiger partial charge in [0.05, 0.1) is 17.2 Å². The van der Waals surface area contributed by atoms with E-state index in [0.717, 1.165) is 4.31 Å². The fraction of sp³-hybridized carbons (Fsp3) is 0.310. The molecule has 1 N–H and O–H groups in total. The van der Waals surface area contributed by atoms with Crippen LogP contribution in [0.25, 0.3) is 0 Å². The highest BCUT2D eigenvalue weighted by Crippen LogP contribution is 2.27. The van der Waals surface area contributed by atoms with Gasteiger partial charge in [-0.25, -0.2) is 12.8 Å². The summed E-state index contributed by atoms with van der Waals surface area (Å²) < 4.78 is 48.6. The Morgan fingerprint density at radius 2 is 1.65 bits per heavy atom. The van der Waals surface area contributed by atoms with Gasteiger partial charge in [0.1, 0.15) is 24.2 Å². The van der Waals surface area contributed by atoms with Gasteiger partial charge in [-0.3, -0.25) is 13.9 Å². The van der Waals surface area contributed by atoms with E-state index in [1.807, 2.05) is 13.8 Å². The van der Waals surface area contributed by atoms with Crippen molar-refractivity contribution in [2.45, 2.75) is 44.7 Å². The largest absolute Gasteiger partial charge is 0.494 e. The van der Waals surface area contributed by atoms with Crippen LogP contribution < -0.4 is 14.4 Å². The molecule has 0 aromatic heterocycles. The highest BCUT2D eigenvalue weighted by atomic mass is 35.5. The smallest absolute Gasteiger partial charge is 0.264 e. The number of carbonyl (C=O) groups excluding carboxylic acids is 2. The first-order valence-electron chi connectivity index (χ1n) is 12.9. The predicted octanol–water partition coefficient (Wildman–Crippen LogP) is 5.02. The van der Waals surface area contributed by atoms with Crippen molar-refractivity contribution in [3.05, 3.63) is 89.2 Å². The van der Waals surface area contributed by atoms with Crippen molar-refractivity contribution in [2.24, 2.45) is 0 Å². The second kappa shape index (κ2) is 14.1. The van der Waals surface area contributed by atoms with E-state index < -0.39 is 40.2 Å². The molecule has 0 heterocycles. The minimum Gasteiger partial charge on any atom is -0.494 e. The molecule has 0 aliphatic carbocycles. The van der Waals surface area contributed by atoms with Crippen LogP contribution in [-0.4, -0.2) is 50.9 Å². The Balaban J connectivity index is 2.03. The van der Waals surface area contributed by atoms with E-state index in [0.29, 0.717) is 30.3 Å². The number of sulfonamides is 1. The highest BCUT2D eigenvalue weighted by molar-refractivity contribution is 7.92. The van der Waals surface area contributed by atoms with E-state index in [4.69, 9.17) is 16.3 Å². The van der Waals surface area contributed by atoms with Crippen LogP contribution >= 0.6 is 11.6 Å². The fourth-order valence-electron chi connectivity index (χ4n) is 3.93. The maximum atomic E-state index is 14.6. The van der Waals surface area contributed by atoms with Crippen LogP contribution in [0.5, 0.6) is 5.75 Å². The van der Waals surface area contributed by atoms with Crippen LogP contribution in [0.15, 0.2) is 77.7 Å². The number of anilines is 1. The standard InChI is InChI=1S/C29H33ClFN3O5S/c1-4-18-32-29(36)21(3)33(19-22-8-6-7-9-27(22)31)28(35)20-34(24-12-14-25(15-13-24)39-5-2)40(37,38)26-16-10-23(30)11-17-26/h6-17,21H,4-5,18-20H2,1-3H3,(H,32,36)/t21-/m0/s1. The van der Waals surface area contributed by atoms with Crippen LogP contribution in [-0.2, 0) is 26.2 Å². The number of nitrogens with zero attached hydrogens (tertiary/aromatic N) is 2. The van der Waals surface area contributed by atoms with Crippen LogP contribution in [0.4, 0.5) is 10.1 Å². The molecule has 2 amide bonds. The normalized spacial score (nSPS) is 11.9. The molecule has 0 unspecified atom stereocenters. The number of rotatable bonds is 13. The van der Waals surface area contributed by atoms with E-state index in [-0.39, 0.29) is 22.7 Å². The van der Waals surface area contributed by atoms with Gasteiger partial charge in [0, 0.05) is 23.7 Å². The third-order valence-corrected chi connectivity index (χ3v) is 8.17. The molecule has 8 nitrogen and oxygen atoms in total. The molecule has 3 aromatic rings. The zero-order valence-electron chi connectivity index (χ0n) is 22.6. The molecule has 0 bridgehead atoms. The monoisotopic (exact) mass is 589 g/mol. The van der Waals surface area contributed by atoms with Crippen LogP contribution in [0.3, 0.4) is 0 Å². The maximum absolute atomic E-state index is 14.6. The van der Waals surface area contributed by atoms with Gasteiger partial charge in [0.2, 0.25) is 11.8 Å². The molecule has 0 saturated carbocycles. The Kier molecular flexibility index (Phi) is 10.9. The second-order valence-electron chi connectivity index (χ2n) is 8.97. The highest BCUT2D eigenvalue weighted by Gasteiger charge is 2.32. The van der Waals surface area contributed by atoms with Crippen LogP contribution in [0.2, 0.25) is 5.02 Å². The topological polar surface area (TPSA) is 96.0 Å². The average molecular weight is 590 g/mol. The molecule has 1 atom stereocenters. The van der Waals surface area contributed by atoms with Gasteiger partial charge >= 0.3 is 0 Å². The molecule has 0 aliphatic rings. The lowest BCUT2D eigenvalue weighted by Crippen LogP contribution is -2.51. The van der Waals surface area contributed by atoms with Crippen LogP contribution in [0.1, 0.15) is 32.8 Å². The molecule has 11 heteroatoms. The van der Waals surface area contributed by atoms with Gasteiger partial charge in [-0.1, -0.05) is 36.7 Å². The number of ether oxygens (including phenoxy) is 1.